The Hall–Kier alpha value is -1.21. The molecule has 0 aliphatic carbocycles. The smallest absolute Gasteiger partial charge is 0.0154 e. The summed E-state index contributed by atoms with van der Waals surface area (Å²) in [5, 5.41) is 0. The summed E-state index contributed by atoms with van der Waals surface area (Å²) in [6.07, 6.45) is 6.68. The minimum Gasteiger partial charge on any atom is -0.0990 e. The number of allylic oxidation sites excluding steroid dienone is 3. The van der Waals surface area contributed by atoms with Gasteiger partial charge in [0.1, 0.15) is 0 Å². The molecule has 0 saturated carbocycles. The molecule has 0 aliphatic heterocycles. The second-order valence-electron chi connectivity index (χ2n) is 3.07. The molecule has 0 unspecified atom stereocenters. The van der Waals surface area contributed by atoms with E-state index in [0.29, 0.717) is 0 Å². The Balaban J connectivity index is 2.92. The second kappa shape index (κ2) is 6.31. The summed E-state index contributed by atoms with van der Waals surface area (Å²) < 4.78 is 0. The van der Waals surface area contributed by atoms with Crippen LogP contribution in [0, 0.1) is 0 Å². The average Bonchev–Trinajstić information content (AvgIpc) is 2.29. The fourth-order valence-electron chi connectivity index (χ4n) is 1.28. The van der Waals surface area contributed by atoms with Crippen molar-refractivity contribution in [3.63, 3.8) is 0 Å². The van der Waals surface area contributed by atoms with E-state index >= 15 is 0 Å². The lowest BCUT2D eigenvalue weighted by Crippen LogP contribution is -1.84. The van der Waals surface area contributed by atoms with E-state index < -0.39 is 0 Å². The average molecular weight is 216 g/mol. The molecule has 0 aliphatic rings. The normalized spacial score (nSPS) is 11.1. The van der Waals surface area contributed by atoms with Crippen LogP contribution in [-0.2, 0) is 6.42 Å². The number of rotatable bonds is 5. The molecule has 0 aromatic heterocycles. The van der Waals surface area contributed by atoms with Gasteiger partial charge in [-0.2, -0.15) is 0 Å². The van der Waals surface area contributed by atoms with Crippen molar-refractivity contribution in [3.05, 3.63) is 66.1 Å². The van der Waals surface area contributed by atoms with Crippen molar-refractivity contribution in [1.29, 1.82) is 0 Å². The first kappa shape index (κ1) is 11.9. The van der Waals surface area contributed by atoms with E-state index in [4.69, 9.17) is 0 Å². The van der Waals surface area contributed by atoms with Crippen LogP contribution in [0.5, 0.6) is 0 Å². The largest absolute Gasteiger partial charge is 0.0990 e. The maximum atomic E-state index is 3.79. The van der Waals surface area contributed by atoms with Crippen molar-refractivity contribution in [2.45, 2.75) is 18.2 Å². The minimum atomic E-state index is 1.06. The molecule has 0 bridgehead atoms. The first-order valence-corrected chi connectivity index (χ1v) is 5.84. The lowest BCUT2D eigenvalue weighted by molar-refractivity contribution is 1.08. The van der Waals surface area contributed by atoms with Crippen molar-refractivity contribution >= 4 is 11.8 Å². The quantitative estimate of drug-likeness (QED) is 0.512. The van der Waals surface area contributed by atoms with Crippen LogP contribution < -0.4 is 0 Å². The number of hydrogen-bond acceptors (Lipinski definition) is 1. The number of hydrogen-bond donors (Lipinski definition) is 0. The van der Waals surface area contributed by atoms with E-state index in [1.165, 1.54) is 10.5 Å². The summed E-state index contributed by atoms with van der Waals surface area (Å²) in [6.45, 7) is 9.66. The van der Waals surface area contributed by atoms with Gasteiger partial charge in [0.25, 0.3) is 0 Å². The highest BCUT2D eigenvalue weighted by atomic mass is 32.2. The Morgan fingerprint density at radius 2 is 2.07 bits per heavy atom. The molecule has 15 heavy (non-hydrogen) atoms. The van der Waals surface area contributed by atoms with Crippen LogP contribution in [0.1, 0.15) is 12.5 Å². The number of aryl methyl sites for hydroxylation is 1. The molecule has 0 amide bonds. The van der Waals surface area contributed by atoms with Gasteiger partial charge in [0, 0.05) is 9.80 Å². The van der Waals surface area contributed by atoms with E-state index in [2.05, 4.69) is 44.3 Å². The van der Waals surface area contributed by atoms with Crippen molar-refractivity contribution in [3.8, 4) is 0 Å². The van der Waals surface area contributed by atoms with E-state index in [-0.39, 0.29) is 0 Å². The summed E-state index contributed by atoms with van der Waals surface area (Å²) in [5.74, 6) is 0. The van der Waals surface area contributed by atoms with E-state index in [0.717, 1.165) is 11.3 Å². The van der Waals surface area contributed by atoms with Gasteiger partial charge < -0.3 is 0 Å². The molecule has 0 nitrogen and oxygen atoms in total. The van der Waals surface area contributed by atoms with Gasteiger partial charge in [-0.05, 0) is 24.1 Å². The summed E-state index contributed by atoms with van der Waals surface area (Å²) in [5.41, 5.74) is 1.37. The molecule has 1 heteroatoms. The van der Waals surface area contributed by atoms with Crippen molar-refractivity contribution in [2.75, 3.05) is 0 Å². The molecule has 1 aromatic carbocycles. The molecule has 0 saturated heterocycles. The standard InChI is InChI=1S/C14H16S/c1-4-9-13(6-3)15-14-11-8-7-10-12(14)5-2/h4,6-11H,1,3,5H2,2H3/b13-9+. The molecule has 0 N–H and O–H groups in total. The van der Waals surface area contributed by atoms with E-state index in [1.807, 2.05) is 12.2 Å². The SMILES string of the molecule is C=C/C=C(\C=C)Sc1ccccc1CC. The third kappa shape index (κ3) is 3.45. The third-order valence-electron chi connectivity index (χ3n) is 2.06. The zero-order valence-corrected chi connectivity index (χ0v) is 9.89. The minimum absolute atomic E-state index is 1.06. The van der Waals surface area contributed by atoms with Crippen molar-refractivity contribution in [2.24, 2.45) is 0 Å². The lowest BCUT2D eigenvalue weighted by Gasteiger charge is -2.06. The summed E-state index contributed by atoms with van der Waals surface area (Å²) in [6, 6.07) is 8.45. The molecule has 1 aromatic rings. The van der Waals surface area contributed by atoms with Gasteiger partial charge in [-0.3, -0.25) is 0 Å². The summed E-state index contributed by atoms with van der Waals surface area (Å²) >= 11 is 1.74. The predicted molar refractivity (Wildman–Crippen MR) is 70.2 cm³/mol. The highest BCUT2D eigenvalue weighted by Crippen LogP contribution is 2.30. The molecule has 0 radical (unpaired) electrons. The Morgan fingerprint density at radius 3 is 2.67 bits per heavy atom. The Morgan fingerprint density at radius 1 is 1.33 bits per heavy atom. The first-order valence-electron chi connectivity index (χ1n) is 5.02. The van der Waals surface area contributed by atoms with Gasteiger partial charge in [-0.15, -0.1) is 0 Å². The van der Waals surface area contributed by atoms with Crippen LogP contribution in [0.4, 0.5) is 0 Å². The molecule has 0 heterocycles. The fraction of sp³-hybridized carbons (Fsp3) is 0.143. The summed E-state index contributed by atoms with van der Waals surface area (Å²) in [4.78, 5) is 2.43. The van der Waals surface area contributed by atoms with Gasteiger partial charge in [0.05, 0.1) is 0 Å². The molecule has 0 atom stereocenters. The van der Waals surface area contributed by atoms with Gasteiger partial charge in [0.2, 0.25) is 0 Å². The highest BCUT2D eigenvalue weighted by Gasteiger charge is 2.01. The number of thioether (sulfide) groups is 1. The molecular formula is C14H16S. The van der Waals surface area contributed by atoms with Gasteiger partial charge in [-0.1, -0.05) is 62.2 Å². The third-order valence-corrected chi connectivity index (χ3v) is 3.22. The zero-order valence-electron chi connectivity index (χ0n) is 9.07. The zero-order chi connectivity index (χ0) is 11.1. The first-order chi connectivity index (χ1) is 7.31. The Kier molecular flexibility index (Phi) is 4.99. The maximum absolute atomic E-state index is 3.79. The van der Waals surface area contributed by atoms with Crippen LogP contribution in [0.15, 0.2) is 65.5 Å². The highest BCUT2D eigenvalue weighted by molar-refractivity contribution is 8.03. The molecular weight excluding hydrogens is 200 g/mol. The van der Waals surface area contributed by atoms with Crippen molar-refractivity contribution < 1.29 is 0 Å². The molecule has 78 valence electrons. The molecule has 0 spiro atoms. The second-order valence-corrected chi connectivity index (χ2v) is 4.19. The monoisotopic (exact) mass is 216 g/mol. The van der Waals surface area contributed by atoms with Gasteiger partial charge in [-0.25, -0.2) is 0 Å². The molecule has 1 rings (SSSR count). The lowest BCUT2D eigenvalue weighted by atomic mass is 10.2. The summed E-state index contributed by atoms with van der Waals surface area (Å²) in [7, 11) is 0. The van der Waals surface area contributed by atoms with Crippen LogP contribution >= 0.6 is 11.8 Å². The van der Waals surface area contributed by atoms with E-state index in [1.54, 1.807) is 17.8 Å². The van der Waals surface area contributed by atoms with Crippen LogP contribution in [-0.4, -0.2) is 0 Å². The van der Waals surface area contributed by atoms with Crippen LogP contribution in [0.25, 0.3) is 0 Å². The maximum Gasteiger partial charge on any atom is 0.0154 e. The Bertz CT molecular complexity index is 375. The number of benzene rings is 1. The molecule has 0 fully saturated rings. The van der Waals surface area contributed by atoms with Gasteiger partial charge in [0.15, 0.2) is 0 Å². The van der Waals surface area contributed by atoms with Crippen LogP contribution in [0.2, 0.25) is 0 Å². The van der Waals surface area contributed by atoms with E-state index in [9.17, 15) is 0 Å². The fourth-order valence-corrected chi connectivity index (χ4v) is 2.27. The Labute approximate surface area is 96.4 Å². The predicted octanol–water partition coefficient (Wildman–Crippen LogP) is 4.60. The van der Waals surface area contributed by atoms with Crippen LogP contribution in [0.3, 0.4) is 0 Å². The topological polar surface area (TPSA) is 0 Å². The van der Waals surface area contributed by atoms with Crippen molar-refractivity contribution in [1.82, 2.24) is 0 Å². The van der Waals surface area contributed by atoms with Gasteiger partial charge >= 0.3 is 0 Å².